The number of furan rings is 1. The Morgan fingerprint density at radius 3 is 2.87 bits per heavy atom. The lowest BCUT2D eigenvalue weighted by Gasteiger charge is -2.10. The highest BCUT2D eigenvalue weighted by atomic mass is 35.5. The normalized spacial score (nSPS) is 10.6. The van der Waals surface area contributed by atoms with E-state index in [1.807, 2.05) is 6.92 Å². The van der Waals surface area contributed by atoms with Crippen molar-refractivity contribution in [1.29, 1.82) is 0 Å². The Bertz CT molecular complexity index is 1050. The molecule has 0 aliphatic carbocycles. The number of amides is 2. The molecule has 0 fully saturated rings. The van der Waals surface area contributed by atoms with Gasteiger partial charge in [0, 0.05) is 17.3 Å². The summed E-state index contributed by atoms with van der Waals surface area (Å²) in [4.78, 5) is 24.4. The molecule has 0 aliphatic rings. The maximum absolute atomic E-state index is 12.4. The predicted molar refractivity (Wildman–Crippen MR) is 116 cm³/mol. The van der Waals surface area contributed by atoms with E-state index < -0.39 is 0 Å². The van der Waals surface area contributed by atoms with Gasteiger partial charge in [0.05, 0.1) is 18.6 Å². The summed E-state index contributed by atoms with van der Waals surface area (Å²) in [6.07, 6.45) is 3.13. The third-order valence-electron chi connectivity index (χ3n) is 4.13. The fraction of sp³-hybridized carbons (Fsp3) is 0.200. The maximum Gasteiger partial charge on any atom is 0.287 e. The van der Waals surface area contributed by atoms with Gasteiger partial charge in [0.25, 0.3) is 5.91 Å². The minimum atomic E-state index is -0.348. The zero-order valence-corrected chi connectivity index (χ0v) is 17.8. The molecule has 2 N–H and O–H groups in total. The van der Waals surface area contributed by atoms with Crippen LogP contribution in [0.4, 0.5) is 5.69 Å². The molecule has 0 saturated carbocycles. The highest BCUT2D eigenvalue weighted by molar-refractivity contribution is 7.99. The Hall–Kier alpha value is -3.04. The second kappa shape index (κ2) is 10.1. The molecule has 3 rings (SSSR count). The average molecular weight is 446 g/mol. The molecule has 156 valence electrons. The van der Waals surface area contributed by atoms with Crippen LogP contribution in [0.5, 0.6) is 0 Å². The second-order valence-corrected chi connectivity index (χ2v) is 7.56. The number of nitrogens with zero attached hydrogens (tertiary/aromatic N) is 3. The van der Waals surface area contributed by atoms with Gasteiger partial charge in [-0.15, -0.1) is 16.8 Å². The Kier molecular flexibility index (Phi) is 7.31. The van der Waals surface area contributed by atoms with Gasteiger partial charge < -0.3 is 19.6 Å². The lowest BCUT2D eigenvalue weighted by atomic mass is 10.2. The standard InChI is InChI=1S/C20H20ClN5O3S/c1-3-9-26-17(11-22-19(28)16-8-5-10-29-16)24-25-20(26)30-12-18(27)23-15-7-4-6-14(21)13(15)2/h3-8,10H,1,9,11-12H2,2H3,(H,22,28)(H,23,27). The van der Waals surface area contributed by atoms with Gasteiger partial charge in [0.2, 0.25) is 5.91 Å². The smallest absolute Gasteiger partial charge is 0.287 e. The van der Waals surface area contributed by atoms with Crippen molar-refractivity contribution in [2.24, 2.45) is 0 Å². The minimum Gasteiger partial charge on any atom is -0.459 e. The van der Waals surface area contributed by atoms with E-state index in [2.05, 4.69) is 27.4 Å². The number of halogens is 1. The van der Waals surface area contributed by atoms with Crippen molar-refractivity contribution in [3.05, 3.63) is 71.4 Å². The van der Waals surface area contributed by atoms with Crippen molar-refractivity contribution < 1.29 is 14.0 Å². The molecule has 0 bridgehead atoms. The summed E-state index contributed by atoms with van der Waals surface area (Å²) in [7, 11) is 0. The van der Waals surface area contributed by atoms with Crippen LogP contribution in [-0.4, -0.2) is 32.3 Å². The van der Waals surface area contributed by atoms with Crippen LogP contribution in [0.3, 0.4) is 0 Å². The van der Waals surface area contributed by atoms with E-state index in [1.165, 1.54) is 18.0 Å². The molecule has 0 atom stereocenters. The van der Waals surface area contributed by atoms with Crippen molar-refractivity contribution in [2.75, 3.05) is 11.1 Å². The summed E-state index contributed by atoms with van der Waals surface area (Å²) in [5.74, 6) is 0.362. The molecule has 0 spiro atoms. The largest absolute Gasteiger partial charge is 0.459 e. The topological polar surface area (TPSA) is 102 Å². The summed E-state index contributed by atoms with van der Waals surface area (Å²) >= 11 is 7.33. The van der Waals surface area contributed by atoms with Crippen molar-refractivity contribution in [3.63, 3.8) is 0 Å². The van der Waals surface area contributed by atoms with Crippen LogP contribution in [0.1, 0.15) is 21.9 Å². The molecule has 2 heterocycles. The number of anilines is 1. The number of hydrogen-bond acceptors (Lipinski definition) is 6. The maximum atomic E-state index is 12.4. The fourth-order valence-corrected chi connectivity index (χ4v) is 3.52. The number of thioether (sulfide) groups is 1. The van der Waals surface area contributed by atoms with Crippen LogP contribution in [0.25, 0.3) is 0 Å². The van der Waals surface area contributed by atoms with Crippen molar-refractivity contribution in [1.82, 2.24) is 20.1 Å². The lowest BCUT2D eigenvalue weighted by molar-refractivity contribution is -0.113. The van der Waals surface area contributed by atoms with Gasteiger partial charge in [-0.3, -0.25) is 9.59 Å². The molecule has 8 nitrogen and oxygen atoms in total. The molecular weight excluding hydrogens is 426 g/mol. The third-order valence-corrected chi connectivity index (χ3v) is 5.51. The summed E-state index contributed by atoms with van der Waals surface area (Å²) in [6.45, 7) is 6.19. The zero-order chi connectivity index (χ0) is 21.5. The van der Waals surface area contributed by atoms with Crippen molar-refractivity contribution in [3.8, 4) is 0 Å². The van der Waals surface area contributed by atoms with Gasteiger partial charge in [-0.05, 0) is 36.8 Å². The molecule has 0 aliphatic heterocycles. The van der Waals surface area contributed by atoms with E-state index in [9.17, 15) is 9.59 Å². The number of allylic oxidation sites excluding steroid dienone is 1. The number of aromatic nitrogens is 3. The van der Waals surface area contributed by atoms with Gasteiger partial charge in [-0.2, -0.15) is 0 Å². The van der Waals surface area contributed by atoms with Gasteiger partial charge in [-0.1, -0.05) is 35.5 Å². The molecule has 2 amide bonds. The molecule has 0 saturated heterocycles. The molecule has 0 unspecified atom stereocenters. The summed E-state index contributed by atoms with van der Waals surface area (Å²) in [5.41, 5.74) is 1.48. The molecule has 2 aromatic heterocycles. The van der Waals surface area contributed by atoms with E-state index in [4.69, 9.17) is 16.0 Å². The second-order valence-electron chi connectivity index (χ2n) is 6.21. The van der Waals surface area contributed by atoms with Crippen LogP contribution >= 0.6 is 23.4 Å². The Morgan fingerprint density at radius 1 is 1.30 bits per heavy atom. The van der Waals surface area contributed by atoms with E-state index in [0.717, 1.165) is 5.56 Å². The zero-order valence-electron chi connectivity index (χ0n) is 16.2. The Balaban J connectivity index is 1.61. The van der Waals surface area contributed by atoms with Gasteiger partial charge in [0.1, 0.15) is 0 Å². The summed E-state index contributed by atoms with van der Waals surface area (Å²) in [6, 6.07) is 8.56. The first kappa shape index (κ1) is 21.7. The third kappa shape index (κ3) is 5.31. The summed E-state index contributed by atoms with van der Waals surface area (Å²) < 4.78 is 6.86. The molecule has 30 heavy (non-hydrogen) atoms. The molecular formula is C20H20ClN5O3S. The number of rotatable bonds is 9. The lowest BCUT2D eigenvalue weighted by Crippen LogP contribution is -2.24. The molecule has 3 aromatic rings. The van der Waals surface area contributed by atoms with Gasteiger partial charge >= 0.3 is 0 Å². The highest BCUT2D eigenvalue weighted by Crippen LogP contribution is 2.24. The highest BCUT2D eigenvalue weighted by Gasteiger charge is 2.16. The molecule has 10 heteroatoms. The van der Waals surface area contributed by atoms with E-state index in [0.29, 0.717) is 28.2 Å². The summed E-state index contributed by atoms with van der Waals surface area (Å²) in [5, 5.41) is 15.0. The monoisotopic (exact) mass is 445 g/mol. The average Bonchev–Trinajstić information content (AvgIpc) is 3.39. The first-order chi connectivity index (χ1) is 14.5. The first-order valence-electron chi connectivity index (χ1n) is 9.02. The van der Waals surface area contributed by atoms with Crippen molar-refractivity contribution in [2.45, 2.75) is 25.2 Å². The first-order valence-corrected chi connectivity index (χ1v) is 10.4. The quantitative estimate of drug-likeness (QED) is 0.385. The SMILES string of the molecule is C=CCn1c(CNC(=O)c2ccco2)nnc1SCC(=O)Nc1cccc(Cl)c1C. The van der Waals surface area contributed by atoms with Crippen LogP contribution in [0, 0.1) is 6.92 Å². The number of carbonyl (C=O) groups is 2. The fourth-order valence-electron chi connectivity index (χ4n) is 2.58. The van der Waals surface area contributed by atoms with E-state index >= 15 is 0 Å². The number of benzene rings is 1. The van der Waals surface area contributed by atoms with Gasteiger partial charge in [0.15, 0.2) is 16.7 Å². The van der Waals surface area contributed by atoms with Gasteiger partial charge in [-0.25, -0.2) is 0 Å². The van der Waals surface area contributed by atoms with Crippen LogP contribution in [-0.2, 0) is 17.9 Å². The minimum absolute atomic E-state index is 0.139. The Labute approximate surface area is 182 Å². The molecule has 0 radical (unpaired) electrons. The molecule has 1 aromatic carbocycles. The van der Waals surface area contributed by atoms with E-state index in [1.54, 1.807) is 41.0 Å². The Morgan fingerprint density at radius 2 is 2.13 bits per heavy atom. The van der Waals surface area contributed by atoms with Crippen LogP contribution < -0.4 is 10.6 Å². The van der Waals surface area contributed by atoms with Crippen LogP contribution in [0.2, 0.25) is 5.02 Å². The number of carbonyl (C=O) groups excluding carboxylic acids is 2. The predicted octanol–water partition coefficient (Wildman–Crippen LogP) is 3.68. The van der Waals surface area contributed by atoms with Crippen LogP contribution in [0.15, 0.2) is 58.8 Å². The number of hydrogen-bond donors (Lipinski definition) is 2. The number of nitrogens with one attached hydrogen (secondary N) is 2. The van der Waals surface area contributed by atoms with Crippen molar-refractivity contribution >= 4 is 40.9 Å². The van der Waals surface area contributed by atoms with E-state index in [-0.39, 0.29) is 29.9 Å².